The third kappa shape index (κ3) is 3.62. The Balaban J connectivity index is 1.50. The smallest absolute Gasteiger partial charge is 0.254 e. The number of likely N-dealkylation sites (tertiary alicyclic amines) is 1. The highest BCUT2D eigenvalue weighted by atomic mass is 16.2. The molecule has 26 heavy (non-hydrogen) atoms. The van der Waals surface area contributed by atoms with Crippen LogP contribution in [0.3, 0.4) is 0 Å². The van der Waals surface area contributed by atoms with E-state index >= 15 is 0 Å². The van der Waals surface area contributed by atoms with Crippen LogP contribution >= 0.6 is 0 Å². The molecule has 1 N–H and O–H groups in total. The third-order valence-corrected chi connectivity index (χ3v) is 5.18. The quantitative estimate of drug-likeness (QED) is 0.903. The lowest BCUT2D eigenvalue weighted by molar-refractivity contribution is -0.124. The number of carbonyl (C=O) groups excluding carboxylic acids is 2. The molecule has 1 saturated carbocycles. The van der Waals surface area contributed by atoms with Gasteiger partial charge in [-0.2, -0.15) is 0 Å². The molecule has 0 radical (unpaired) electrons. The van der Waals surface area contributed by atoms with Crippen molar-refractivity contribution >= 4 is 11.8 Å². The molecule has 2 heterocycles. The molecule has 0 bridgehead atoms. The molecule has 1 saturated heterocycles. The largest absolute Gasteiger partial charge is 0.354 e. The molecule has 1 aliphatic carbocycles. The van der Waals surface area contributed by atoms with E-state index in [4.69, 9.17) is 0 Å². The highest BCUT2D eigenvalue weighted by Gasteiger charge is 2.35. The van der Waals surface area contributed by atoms with Crippen LogP contribution < -0.4 is 5.32 Å². The van der Waals surface area contributed by atoms with Gasteiger partial charge in [-0.1, -0.05) is 18.2 Å². The summed E-state index contributed by atoms with van der Waals surface area (Å²) in [6, 6.07) is 11.1. The monoisotopic (exact) mass is 349 g/mol. The number of benzene rings is 1. The standard InChI is InChI=1S/C21H23N3O2/c25-20(23-13-15-8-9-15)19-7-3-11-24(19)21(26)17-5-1-4-16(12-17)18-6-2-10-22-14-18/h1-2,4-6,10,12,14-15,19H,3,7-9,11,13H2,(H,23,25). The minimum absolute atomic E-state index is 0.00818. The molecule has 5 nitrogen and oxygen atoms in total. The van der Waals surface area contributed by atoms with E-state index in [0.29, 0.717) is 18.0 Å². The number of aromatic nitrogens is 1. The molecule has 1 unspecified atom stereocenters. The fraction of sp³-hybridized carbons (Fsp3) is 0.381. The summed E-state index contributed by atoms with van der Waals surface area (Å²) >= 11 is 0. The molecule has 1 atom stereocenters. The summed E-state index contributed by atoms with van der Waals surface area (Å²) in [6.45, 7) is 1.38. The molecule has 1 aromatic heterocycles. The van der Waals surface area contributed by atoms with E-state index in [1.54, 1.807) is 17.3 Å². The van der Waals surface area contributed by atoms with Crippen molar-refractivity contribution in [3.63, 3.8) is 0 Å². The maximum Gasteiger partial charge on any atom is 0.254 e. The SMILES string of the molecule is O=C(NCC1CC1)C1CCCN1C(=O)c1cccc(-c2cccnc2)c1. The van der Waals surface area contributed by atoms with Gasteiger partial charge in [0.25, 0.3) is 5.91 Å². The van der Waals surface area contributed by atoms with Gasteiger partial charge >= 0.3 is 0 Å². The lowest BCUT2D eigenvalue weighted by Crippen LogP contribution is -2.46. The number of amides is 2. The molecule has 1 aromatic carbocycles. The van der Waals surface area contributed by atoms with Crippen molar-refractivity contribution in [3.05, 3.63) is 54.4 Å². The van der Waals surface area contributed by atoms with Gasteiger partial charge in [-0.15, -0.1) is 0 Å². The third-order valence-electron chi connectivity index (χ3n) is 5.18. The number of rotatable bonds is 5. The Morgan fingerprint density at radius 3 is 2.73 bits per heavy atom. The Kier molecular flexibility index (Phi) is 4.69. The molecular weight excluding hydrogens is 326 g/mol. The molecule has 134 valence electrons. The van der Waals surface area contributed by atoms with Crippen LogP contribution in [-0.2, 0) is 4.79 Å². The van der Waals surface area contributed by atoms with Crippen molar-refractivity contribution in [1.29, 1.82) is 0 Å². The first-order chi connectivity index (χ1) is 12.7. The van der Waals surface area contributed by atoms with Crippen molar-refractivity contribution in [1.82, 2.24) is 15.2 Å². The molecule has 1 aliphatic heterocycles. The van der Waals surface area contributed by atoms with Gasteiger partial charge in [0.15, 0.2) is 0 Å². The molecule has 2 aromatic rings. The lowest BCUT2D eigenvalue weighted by atomic mass is 10.0. The Bertz CT molecular complexity index is 802. The summed E-state index contributed by atoms with van der Waals surface area (Å²) in [5.74, 6) is 0.562. The van der Waals surface area contributed by atoms with Crippen LogP contribution in [0.5, 0.6) is 0 Å². The maximum atomic E-state index is 13.0. The zero-order chi connectivity index (χ0) is 17.9. The predicted octanol–water partition coefficient (Wildman–Crippen LogP) is 2.88. The summed E-state index contributed by atoms with van der Waals surface area (Å²) in [5, 5.41) is 3.02. The minimum Gasteiger partial charge on any atom is -0.354 e. The van der Waals surface area contributed by atoms with Gasteiger partial charge in [-0.3, -0.25) is 14.6 Å². The first-order valence-electron chi connectivity index (χ1n) is 9.31. The number of hydrogen-bond donors (Lipinski definition) is 1. The van der Waals surface area contributed by atoms with Crippen molar-refractivity contribution in [2.75, 3.05) is 13.1 Å². The number of nitrogens with one attached hydrogen (secondary N) is 1. The fourth-order valence-electron chi connectivity index (χ4n) is 3.50. The van der Waals surface area contributed by atoms with Gasteiger partial charge in [-0.25, -0.2) is 0 Å². The van der Waals surface area contributed by atoms with Gasteiger partial charge in [-0.05, 0) is 55.4 Å². The zero-order valence-electron chi connectivity index (χ0n) is 14.7. The molecule has 5 heteroatoms. The minimum atomic E-state index is -0.344. The summed E-state index contributed by atoms with van der Waals surface area (Å²) in [7, 11) is 0. The normalized spacial score (nSPS) is 19.4. The van der Waals surface area contributed by atoms with Crippen LogP contribution in [0.15, 0.2) is 48.8 Å². The van der Waals surface area contributed by atoms with Gasteiger partial charge in [0, 0.05) is 36.6 Å². The molecular formula is C21H23N3O2. The van der Waals surface area contributed by atoms with E-state index in [1.807, 2.05) is 36.4 Å². The highest BCUT2D eigenvalue weighted by Crippen LogP contribution is 2.28. The van der Waals surface area contributed by atoms with E-state index in [1.165, 1.54) is 12.8 Å². The van der Waals surface area contributed by atoms with Gasteiger partial charge in [0.1, 0.15) is 6.04 Å². The summed E-state index contributed by atoms with van der Waals surface area (Å²) in [4.78, 5) is 31.4. The lowest BCUT2D eigenvalue weighted by Gasteiger charge is -2.24. The van der Waals surface area contributed by atoms with Crippen LogP contribution in [0.4, 0.5) is 0 Å². The second-order valence-corrected chi connectivity index (χ2v) is 7.17. The van der Waals surface area contributed by atoms with E-state index in [9.17, 15) is 9.59 Å². The topological polar surface area (TPSA) is 62.3 Å². The van der Waals surface area contributed by atoms with Crippen molar-refractivity contribution in [3.8, 4) is 11.1 Å². The Hall–Kier alpha value is -2.69. The molecule has 2 fully saturated rings. The molecule has 2 aliphatic rings. The van der Waals surface area contributed by atoms with E-state index in [0.717, 1.165) is 30.5 Å². The average Bonchev–Trinajstić information content (AvgIpc) is 3.40. The van der Waals surface area contributed by atoms with Crippen LogP contribution in [0.1, 0.15) is 36.0 Å². The van der Waals surface area contributed by atoms with E-state index in [2.05, 4.69) is 10.3 Å². The number of hydrogen-bond acceptors (Lipinski definition) is 3. The highest BCUT2D eigenvalue weighted by molar-refractivity contribution is 5.98. The second-order valence-electron chi connectivity index (χ2n) is 7.17. The second kappa shape index (κ2) is 7.28. The Morgan fingerprint density at radius 2 is 1.96 bits per heavy atom. The van der Waals surface area contributed by atoms with Gasteiger partial charge < -0.3 is 10.2 Å². The Morgan fingerprint density at radius 1 is 1.12 bits per heavy atom. The predicted molar refractivity (Wildman–Crippen MR) is 99.5 cm³/mol. The average molecular weight is 349 g/mol. The molecule has 2 amide bonds. The first-order valence-corrected chi connectivity index (χ1v) is 9.31. The van der Waals surface area contributed by atoms with Crippen molar-refractivity contribution in [2.45, 2.75) is 31.7 Å². The van der Waals surface area contributed by atoms with Crippen LogP contribution in [-0.4, -0.2) is 40.8 Å². The van der Waals surface area contributed by atoms with Crippen LogP contribution in [0, 0.1) is 5.92 Å². The van der Waals surface area contributed by atoms with E-state index < -0.39 is 0 Å². The van der Waals surface area contributed by atoms with Gasteiger partial charge in [0.05, 0.1) is 0 Å². The van der Waals surface area contributed by atoms with E-state index in [-0.39, 0.29) is 17.9 Å². The number of carbonyl (C=O) groups is 2. The molecule has 4 rings (SSSR count). The summed E-state index contributed by atoms with van der Waals surface area (Å²) in [5.41, 5.74) is 2.55. The van der Waals surface area contributed by atoms with Crippen LogP contribution in [0.25, 0.3) is 11.1 Å². The summed E-state index contributed by atoms with van der Waals surface area (Å²) < 4.78 is 0. The zero-order valence-corrected chi connectivity index (χ0v) is 14.7. The fourth-order valence-corrected chi connectivity index (χ4v) is 3.50. The van der Waals surface area contributed by atoms with Crippen LogP contribution in [0.2, 0.25) is 0 Å². The Labute approximate surface area is 153 Å². The van der Waals surface area contributed by atoms with Crippen molar-refractivity contribution < 1.29 is 9.59 Å². The number of nitrogens with zero attached hydrogens (tertiary/aromatic N) is 2. The number of pyridine rings is 1. The summed E-state index contributed by atoms with van der Waals surface area (Å²) in [6.07, 6.45) is 7.53. The molecule has 0 spiro atoms. The maximum absolute atomic E-state index is 13.0. The van der Waals surface area contributed by atoms with Crippen molar-refractivity contribution in [2.24, 2.45) is 5.92 Å². The first kappa shape index (κ1) is 16.8. The van der Waals surface area contributed by atoms with Gasteiger partial charge in [0.2, 0.25) is 5.91 Å².